The quantitative estimate of drug-likeness (QED) is 0.169. The number of nitrogens with zero attached hydrogens (tertiary/aromatic N) is 3. The van der Waals surface area contributed by atoms with Crippen LogP contribution in [0.2, 0.25) is 0 Å². The second-order valence-electron chi connectivity index (χ2n) is 18.0. The number of anilines is 6. The Morgan fingerprint density at radius 2 is 0.857 bits per heavy atom. The van der Waals surface area contributed by atoms with E-state index in [1.165, 1.54) is 49.7 Å². The number of aromatic nitrogens is 1. The van der Waals surface area contributed by atoms with Crippen LogP contribution in [0, 0.1) is 0 Å². The van der Waals surface area contributed by atoms with E-state index >= 15 is 0 Å². The first-order valence-electron chi connectivity index (χ1n) is 19.9. The minimum atomic E-state index is -0.235. The molecule has 0 fully saturated rings. The molecule has 1 aromatic heterocycles. The second kappa shape index (κ2) is 13.0. The van der Waals surface area contributed by atoms with Gasteiger partial charge in [0.2, 0.25) is 0 Å². The van der Waals surface area contributed by atoms with Gasteiger partial charge in [-0.2, -0.15) is 0 Å². The van der Waals surface area contributed by atoms with E-state index in [4.69, 9.17) is 0 Å². The molecule has 3 heteroatoms. The zero-order valence-electron chi connectivity index (χ0n) is 33.9. The van der Waals surface area contributed by atoms with E-state index in [2.05, 4.69) is 234 Å². The first-order valence-corrected chi connectivity index (χ1v) is 19.9. The molecular formula is C53H51N3. The predicted molar refractivity (Wildman–Crippen MR) is 240 cm³/mol. The number of para-hydroxylation sites is 3. The Labute approximate surface area is 332 Å². The van der Waals surface area contributed by atoms with Crippen molar-refractivity contribution in [3.63, 3.8) is 0 Å². The Morgan fingerprint density at radius 3 is 1.39 bits per heavy atom. The van der Waals surface area contributed by atoms with Crippen molar-refractivity contribution in [3.05, 3.63) is 186 Å². The van der Waals surface area contributed by atoms with Crippen LogP contribution in [0.5, 0.6) is 0 Å². The number of rotatable bonds is 6. The molecule has 0 spiro atoms. The first kappa shape index (κ1) is 35.6. The maximum absolute atomic E-state index is 2.52. The van der Waals surface area contributed by atoms with E-state index in [-0.39, 0.29) is 16.2 Å². The number of fused-ring (bicyclic) bond motifs is 5. The van der Waals surface area contributed by atoms with Crippen molar-refractivity contribution in [3.8, 4) is 5.69 Å². The third-order valence-corrected chi connectivity index (χ3v) is 11.8. The van der Waals surface area contributed by atoms with Crippen LogP contribution in [0.3, 0.4) is 0 Å². The molecule has 0 atom stereocenters. The molecule has 1 aliphatic rings. The Bertz CT molecular complexity index is 2710. The largest absolute Gasteiger partial charge is 0.310 e. The molecule has 0 saturated heterocycles. The lowest BCUT2D eigenvalue weighted by Gasteiger charge is -2.36. The summed E-state index contributed by atoms with van der Waals surface area (Å²) in [5.41, 5.74) is 15.8. The summed E-state index contributed by atoms with van der Waals surface area (Å²) < 4.78 is 2.52. The minimum Gasteiger partial charge on any atom is -0.310 e. The molecule has 0 N–H and O–H groups in total. The maximum Gasteiger partial charge on any atom is 0.0583 e. The van der Waals surface area contributed by atoms with E-state index < -0.39 is 0 Å². The van der Waals surface area contributed by atoms with Gasteiger partial charge in [0.25, 0.3) is 0 Å². The molecule has 2 heterocycles. The SMILES string of the molecule is CC(C)(C)c1ccc(N(c2ccccc2)c2ccc3c(c2)c2cc(N(c4ccccc4)c4ccc(C(C)(C)C)cc4)cc4c2n3-c2ccccc2C4(C)C)cc1. The van der Waals surface area contributed by atoms with E-state index in [9.17, 15) is 0 Å². The van der Waals surface area contributed by atoms with Crippen LogP contribution in [0.4, 0.5) is 34.1 Å². The van der Waals surface area contributed by atoms with Crippen molar-refractivity contribution in [1.82, 2.24) is 4.57 Å². The smallest absolute Gasteiger partial charge is 0.0583 e. The first-order chi connectivity index (χ1) is 26.8. The van der Waals surface area contributed by atoms with Crippen LogP contribution in [0.25, 0.3) is 27.5 Å². The topological polar surface area (TPSA) is 11.4 Å². The molecule has 0 unspecified atom stereocenters. The molecular weight excluding hydrogens is 679 g/mol. The van der Waals surface area contributed by atoms with Crippen LogP contribution in [0.15, 0.2) is 164 Å². The summed E-state index contributed by atoms with van der Waals surface area (Å²) in [4.78, 5) is 4.82. The van der Waals surface area contributed by atoms with Gasteiger partial charge in [-0.15, -0.1) is 0 Å². The van der Waals surface area contributed by atoms with Crippen LogP contribution >= 0.6 is 0 Å². The van der Waals surface area contributed by atoms with E-state index in [0.29, 0.717) is 0 Å². The van der Waals surface area contributed by atoms with Crippen molar-refractivity contribution in [2.45, 2.75) is 71.6 Å². The molecule has 0 amide bonds. The van der Waals surface area contributed by atoms with Crippen LogP contribution in [-0.2, 0) is 16.2 Å². The molecule has 0 bridgehead atoms. The predicted octanol–water partition coefficient (Wildman–Crippen LogP) is 15.0. The summed E-state index contributed by atoms with van der Waals surface area (Å²) in [6.45, 7) is 18.4. The van der Waals surface area contributed by atoms with Gasteiger partial charge in [-0.05, 0) is 118 Å². The Kier molecular flexibility index (Phi) is 8.28. The fourth-order valence-electron chi connectivity index (χ4n) is 8.73. The Morgan fingerprint density at radius 1 is 0.411 bits per heavy atom. The van der Waals surface area contributed by atoms with Crippen LogP contribution < -0.4 is 9.80 Å². The molecule has 3 nitrogen and oxygen atoms in total. The van der Waals surface area contributed by atoms with Crippen molar-refractivity contribution < 1.29 is 0 Å². The second-order valence-corrected chi connectivity index (χ2v) is 18.0. The fraction of sp³-hybridized carbons (Fsp3) is 0.208. The third kappa shape index (κ3) is 5.89. The molecule has 8 aromatic rings. The van der Waals surface area contributed by atoms with Gasteiger partial charge in [0, 0.05) is 50.3 Å². The highest BCUT2D eigenvalue weighted by atomic mass is 15.2. The lowest BCUT2D eigenvalue weighted by atomic mass is 9.74. The van der Waals surface area contributed by atoms with E-state index in [1.54, 1.807) is 0 Å². The molecule has 1 aliphatic heterocycles. The zero-order valence-corrected chi connectivity index (χ0v) is 33.9. The highest BCUT2D eigenvalue weighted by Crippen LogP contribution is 2.51. The van der Waals surface area contributed by atoms with Crippen LogP contribution in [0.1, 0.15) is 77.6 Å². The summed E-state index contributed by atoms with van der Waals surface area (Å²) in [5.74, 6) is 0. The lowest BCUT2D eigenvalue weighted by molar-refractivity contribution is 0.590. The standard InChI is InChI=1S/C53H51N3/c1-51(2,3)36-23-27-40(28-24-36)54(38-17-11-9-12-18-38)42-31-32-48-44(33-42)45-34-43(35-47-50(45)56(48)49-22-16-15-21-46(49)53(47,7)8)55(39-19-13-10-14-20-39)41-29-25-37(26-30-41)52(4,5)6/h9-35H,1-8H3. The van der Waals surface area contributed by atoms with Gasteiger partial charge in [0.05, 0.1) is 16.7 Å². The lowest BCUT2D eigenvalue weighted by Crippen LogP contribution is -2.26. The third-order valence-electron chi connectivity index (χ3n) is 11.8. The summed E-state index contributed by atoms with van der Waals surface area (Å²) >= 11 is 0. The normalized spacial score (nSPS) is 13.5. The summed E-state index contributed by atoms with van der Waals surface area (Å²) in [5, 5.41) is 2.48. The van der Waals surface area contributed by atoms with E-state index in [1.807, 2.05) is 0 Å². The molecule has 7 aromatic carbocycles. The summed E-state index contributed by atoms with van der Waals surface area (Å²) in [7, 11) is 0. The van der Waals surface area contributed by atoms with Crippen LogP contribution in [-0.4, -0.2) is 4.57 Å². The molecule has 56 heavy (non-hydrogen) atoms. The summed E-state index contributed by atoms with van der Waals surface area (Å²) in [6.07, 6.45) is 0. The fourth-order valence-corrected chi connectivity index (χ4v) is 8.73. The van der Waals surface area contributed by atoms with Gasteiger partial charge in [-0.1, -0.05) is 134 Å². The van der Waals surface area contributed by atoms with E-state index in [0.717, 1.165) is 34.1 Å². The molecule has 0 radical (unpaired) electrons. The van der Waals surface area contributed by atoms with Gasteiger partial charge in [-0.3, -0.25) is 0 Å². The number of benzene rings is 7. The monoisotopic (exact) mass is 729 g/mol. The average Bonchev–Trinajstić information content (AvgIpc) is 3.51. The van der Waals surface area contributed by atoms with Crippen molar-refractivity contribution in [2.24, 2.45) is 0 Å². The average molecular weight is 730 g/mol. The van der Waals surface area contributed by atoms with Gasteiger partial charge in [0.1, 0.15) is 0 Å². The number of hydrogen-bond acceptors (Lipinski definition) is 2. The molecule has 9 rings (SSSR count). The van der Waals surface area contributed by atoms with Gasteiger partial charge in [0.15, 0.2) is 0 Å². The van der Waals surface area contributed by atoms with Crippen molar-refractivity contribution in [1.29, 1.82) is 0 Å². The maximum atomic E-state index is 2.52. The van der Waals surface area contributed by atoms with Gasteiger partial charge in [-0.25, -0.2) is 0 Å². The summed E-state index contributed by atoms with van der Waals surface area (Å²) in [6, 6.07) is 60.7. The highest BCUT2D eigenvalue weighted by Gasteiger charge is 2.36. The molecule has 0 aliphatic carbocycles. The zero-order chi connectivity index (χ0) is 39.0. The highest BCUT2D eigenvalue weighted by molar-refractivity contribution is 6.14. The Balaban J connectivity index is 1.33. The van der Waals surface area contributed by atoms with Gasteiger partial charge < -0.3 is 14.4 Å². The van der Waals surface area contributed by atoms with Gasteiger partial charge >= 0.3 is 0 Å². The molecule has 0 saturated carbocycles. The van der Waals surface area contributed by atoms with Crippen molar-refractivity contribution >= 4 is 55.9 Å². The Hall–Kier alpha value is -6.06. The molecule has 278 valence electrons. The number of hydrogen-bond donors (Lipinski definition) is 0. The van der Waals surface area contributed by atoms with Crippen molar-refractivity contribution in [2.75, 3.05) is 9.80 Å². The minimum absolute atomic E-state index is 0.0679.